The van der Waals surface area contributed by atoms with Crippen LogP contribution in [0.2, 0.25) is 10.0 Å². The number of methoxy groups -OCH3 is 1. The molecule has 8 nitrogen and oxygen atoms in total. The predicted molar refractivity (Wildman–Crippen MR) is 168 cm³/mol. The van der Waals surface area contributed by atoms with Gasteiger partial charge in [-0.1, -0.05) is 62.9 Å². The first-order valence-corrected chi connectivity index (χ1v) is 15.3. The number of hydrogen-bond acceptors (Lipinski definition) is 5. The van der Waals surface area contributed by atoms with Crippen molar-refractivity contribution in [2.75, 3.05) is 26.9 Å². The Kier molecular flexibility index (Phi) is 10.1. The molecule has 0 spiro atoms. The topological polar surface area (TPSA) is 94.5 Å². The molecule has 4 rings (SSSR count). The minimum Gasteiger partial charge on any atom is -0.493 e. The number of aromatic nitrogens is 2. The standard InChI is InChI=1S/C32H42Cl2N4O4/c1-7-42-26-16-25-24(14-22(26)29(39)36-18-32(19-41-6)12-8-9-13-32)37-27(38(25)5)15-21-23(33)11-10-20(28(21)34)17-35-30(40)31(2,3)4/h10-11,14,16H,7-9,12-13,15,17-19H2,1-6H3,(H,35,40)(H,36,39). The smallest absolute Gasteiger partial charge is 0.255 e. The van der Waals surface area contributed by atoms with Gasteiger partial charge in [0.2, 0.25) is 5.91 Å². The van der Waals surface area contributed by atoms with E-state index >= 15 is 0 Å². The van der Waals surface area contributed by atoms with Crippen molar-refractivity contribution >= 4 is 46.0 Å². The molecule has 0 unspecified atom stereocenters. The maximum absolute atomic E-state index is 13.4. The van der Waals surface area contributed by atoms with Gasteiger partial charge in [0.05, 0.1) is 34.8 Å². The third-order valence-electron chi connectivity index (χ3n) is 8.08. The third-order valence-corrected chi connectivity index (χ3v) is 8.90. The van der Waals surface area contributed by atoms with E-state index in [-0.39, 0.29) is 17.2 Å². The van der Waals surface area contributed by atoms with Gasteiger partial charge in [0.25, 0.3) is 5.91 Å². The van der Waals surface area contributed by atoms with E-state index in [1.54, 1.807) is 19.2 Å². The van der Waals surface area contributed by atoms with E-state index in [9.17, 15) is 9.59 Å². The van der Waals surface area contributed by atoms with Gasteiger partial charge in [-0.2, -0.15) is 0 Å². The lowest BCUT2D eigenvalue weighted by molar-refractivity contribution is -0.128. The van der Waals surface area contributed by atoms with Crippen LogP contribution in [0.25, 0.3) is 11.0 Å². The number of benzene rings is 2. The average Bonchev–Trinajstić information content (AvgIpc) is 3.52. The molecule has 2 N–H and O–H groups in total. The number of carbonyl (C=O) groups is 2. The Labute approximate surface area is 258 Å². The molecule has 1 aliphatic carbocycles. The Bertz CT molecular complexity index is 1460. The van der Waals surface area contributed by atoms with Gasteiger partial charge in [0, 0.05) is 55.6 Å². The molecule has 1 heterocycles. The largest absolute Gasteiger partial charge is 0.493 e. The number of rotatable bonds is 11. The zero-order chi connectivity index (χ0) is 30.7. The van der Waals surface area contributed by atoms with Crippen LogP contribution in [-0.2, 0) is 29.5 Å². The number of aryl methyl sites for hydroxylation is 1. The van der Waals surface area contributed by atoms with Crippen molar-refractivity contribution in [3.63, 3.8) is 0 Å². The van der Waals surface area contributed by atoms with Gasteiger partial charge < -0.3 is 24.7 Å². The summed E-state index contributed by atoms with van der Waals surface area (Å²) in [7, 11) is 3.63. The van der Waals surface area contributed by atoms with Gasteiger partial charge in [0.15, 0.2) is 0 Å². The van der Waals surface area contributed by atoms with Gasteiger partial charge in [0.1, 0.15) is 11.6 Å². The van der Waals surface area contributed by atoms with Crippen LogP contribution < -0.4 is 15.4 Å². The Morgan fingerprint density at radius 2 is 1.83 bits per heavy atom. The molecule has 10 heteroatoms. The number of carbonyl (C=O) groups excluding carboxylic acids is 2. The number of nitrogens with zero attached hydrogens (tertiary/aromatic N) is 2. The molecule has 0 aliphatic heterocycles. The second kappa shape index (κ2) is 13.2. The highest BCUT2D eigenvalue weighted by molar-refractivity contribution is 6.36. The van der Waals surface area contributed by atoms with Crippen molar-refractivity contribution < 1.29 is 19.1 Å². The number of hydrogen-bond donors (Lipinski definition) is 2. The first kappa shape index (κ1) is 32.1. The van der Waals surface area contributed by atoms with Crippen LogP contribution in [0, 0.1) is 10.8 Å². The molecule has 2 aromatic carbocycles. The zero-order valence-corrected chi connectivity index (χ0v) is 27.0. The molecule has 1 fully saturated rings. The molecule has 1 aromatic heterocycles. The predicted octanol–water partition coefficient (Wildman–Crippen LogP) is 6.47. The Morgan fingerprint density at radius 3 is 2.48 bits per heavy atom. The summed E-state index contributed by atoms with van der Waals surface area (Å²) < 4.78 is 13.4. The monoisotopic (exact) mass is 616 g/mol. The molecule has 0 radical (unpaired) electrons. The first-order valence-electron chi connectivity index (χ1n) is 14.5. The minimum atomic E-state index is -0.507. The van der Waals surface area contributed by atoms with Gasteiger partial charge >= 0.3 is 0 Å². The second-order valence-corrected chi connectivity index (χ2v) is 13.1. The normalized spacial score (nSPS) is 14.8. The molecule has 228 valence electrons. The molecule has 2 amide bonds. The molecule has 1 saturated carbocycles. The minimum absolute atomic E-state index is 0.0267. The van der Waals surface area contributed by atoms with Crippen molar-refractivity contribution in [3.8, 4) is 5.75 Å². The number of fused-ring (bicyclic) bond motifs is 1. The number of nitrogens with one attached hydrogen (secondary N) is 2. The summed E-state index contributed by atoms with van der Waals surface area (Å²) in [6.45, 7) is 9.39. The highest BCUT2D eigenvalue weighted by Crippen LogP contribution is 2.38. The molecule has 0 bridgehead atoms. The zero-order valence-electron chi connectivity index (χ0n) is 25.5. The molecule has 0 saturated heterocycles. The summed E-state index contributed by atoms with van der Waals surface area (Å²) in [4.78, 5) is 30.7. The number of amides is 2. The molecule has 3 aromatic rings. The highest BCUT2D eigenvalue weighted by Gasteiger charge is 2.34. The fourth-order valence-electron chi connectivity index (χ4n) is 5.59. The van der Waals surface area contributed by atoms with E-state index in [4.69, 9.17) is 37.7 Å². The Hall–Kier alpha value is -2.81. The Balaban J connectivity index is 1.61. The molecular formula is C32H42Cl2N4O4. The van der Waals surface area contributed by atoms with Crippen LogP contribution in [0.4, 0.5) is 0 Å². The summed E-state index contributed by atoms with van der Waals surface area (Å²) in [5.74, 6) is 0.991. The van der Waals surface area contributed by atoms with Crippen LogP contribution >= 0.6 is 23.2 Å². The summed E-state index contributed by atoms with van der Waals surface area (Å²) in [6, 6.07) is 7.28. The Morgan fingerprint density at radius 1 is 1.12 bits per heavy atom. The SMILES string of the molecule is CCOc1cc2c(cc1C(=O)NCC1(COC)CCCC1)nc(Cc1c(Cl)ccc(CNC(=O)C(C)(C)C)c1Cl)n2C. The quantitative estimate of drug-likeness (QED) is 0.257. The summed E-state index contributed by atoms with van der Waals surface area (Å²) in [5, 5.41) is 7.11. The van der Waals surface area contributed by atoms with Crippen LogP contribution in [0.15, 0.2) is 24.3 Å². The fraction of sp³-hybridized carbons (Fsp3) is 0.531. The lowest BCUT2D eigenvalue weighted by atomic mass is 9.87. The van der Waals surface area contributed by atoms with E-state index in [0.717, 1.165) is 48.2 Å². The van der Waals surface area contributed by atoms with Crippen molar-refractivity contribution in [1.82, 2.24) is 20.2 Å². The number of halogens is 2. The summed E-state index contributed by atoms with van der Waals surface area (Å²) in [5.41, 5.74) is 2.92. The van der Waals surface area contributed by atoms with E-state index < -0.39 is 5.41 Å². The van der Waals surface area contributed by atoms with E-state index in [2.05, 4.69) is 10.6 Å². The van der Waals surface area contributed by atoms with Crippen molar-refractivity contribution in [2.45, 2.75) is 66.3 Å². The van der Waals surface area contributed by atoms with Crippen molar-refractivity contribution in [1.29, 1.82) is 0 Å². The molecular weight excluding hydrogens is 575 g/mol. The number of imidazole rings is 1. The van der Waals surface area contributed by atoms with Gasteiger partial charge in [-0.3, -0.25) is 9.59 Å². The van der Waals surface area contributed by atoms with Crippen molar-refractivity contribution in [2.24, 2.45) is 17.9 Å². The van der Waals surface area contributed by atoms with Gasteiger partial charge in [-0.05, 0) is 43.0 Å². The van der Waals surface area contributed by atoms with Gasteiger partial charge in [-0.15, -0.1) is 0 Å². The van der Waals surface area contributed by atoms with Crippen LogP contribution in [0.3, 0.4) is 0 Å². The maximum atomic E-state index is 13.4. The molecule has 0 atom stereocenters. The fourth-order valence-corrected chi connectivity index (χ4v) is 6.16. The lowest BCUT2D eigenvalue weighted by Gasteiger charge is -2.28. The first-order chi connectivity index (χ1) is 19.9. The van der Waals surface area contributed by atoms with Crippen LogP contribution in [0.5, 0.6) is 5.75 Å². The highest BCUT2D eigenvalue weighted by atomic mass is 35.5. The molecule has 1 aliphatic rings. The number of ether oxygens (including phenoxy) is 2. The van der Waals surface area contributed by atoms with E-state index in [0.29, 0.717) is 59.6 Å². The van der Waals surface area contributed by atoms with E-state index in [1.807, 2.05) is 51.4 Å². The van der Waals surface area contributed by atoms with Gasteiger partial charge in [-0.25, -0.2) is 4.98 Å². The second-order valence-electron chi connectivity index (χ2n) is 12.3. The van der Waals surface area contributed by atoms with Crippen LogP contribution in [0.1, 0.15) is 80.7 Å². The van der Waals surface area contributed by atoms with Crippen molar-refractivity contribution in [3.05, 3.63) is 56.8 Å². The summed E-state index contributed by atoms with van der Waals surface area (Å²) >= 11 is 13.4. The van der Waals surface area contributed by atoms with E-state index in [1.165, 1.54) is 0 Å². The third kappa shape index (κ3) is 7.04. The average molecular weight is 618 g/mol. The summed E-state index contributed by atoms with van der Waals surface area (Å²) in [6.07, 6.45) is 4.74. The van der Waals surface area contributed by atoms with Crippen LogP contribution in [-0.4, -0.2) is 48.2 Å². The molecule has 42 heavy (non-hydrogen) atoms. The lowest BCUT2D eigenvalue weighted by Crippen LogP contribution is -2.38. The maximum Gasteiger partial charge on any atom is 0.255 e.